The second-order valence-electron chi connectivity index (χ2n) is 3.76. The van der Waals surface area contributed by atoms with Crippen LogP contribution in [0.25, 0.3) is 0 Å². The number of nitriles is 1. The molecule has 2 aromatic rings. The Kier molecular flexibility index (Phi) is 7.77. The van der Waals surface area contributed by atoms with Crippen molar-refractivity contribution in [3.8, 4) is 6.07 Å². The minimum absolute atomic E-state index is 0. The molecule has 0 aliphatic carbocycles. The van der Waals surface area contributed by atoms with Crippen LogP contribution in [0.15, 0.2) is 30.5 Å². The van der Waals surface area contributed by atoms with Gasteiger partial charge in [0, 0.05) is 12.6 Å². The molecule has 0 aliphatic rings. The van der Waals surface area contributed by atoms with Crippen LogP contribution in [0.2, 0.25) is 0 Å². The molecular formula is C12H15Cl2N5. The number of rotatable bonds is 4. The average molecular weight is 300 g/mol. The Bertz CT molecular complexity index is 547. The molecule has 1 heterocycles. The van der Waals surface area contributed by atoms with Gasteiger partial charge in [-0.15, -0.1) is 29.9 Å². The van der Waals surface area contributed by atoms with Gasteiger partial charge in [0.1, 0.15) is 0 Å². The number of hydrogen-bond donors (Lipinski definition) is 1. The van der Waals surface area contributed by atoms with Crippen molar-refractivity contribution >= 4 is 24.8 Å². The van der Waals surface area contributed by atoms with Gasteiger partial charge in [0.25, 0.3) is 0 Å². The third-order valence-electron chi connectivity index (χ3n) is 2.39. The standard InChI is InChI=1S/C12H13N5.2ClH/c13-5-4-12-9-17(16-15-12)8-11-3-1-2-10(6-11)7-14;;/h1-3,6,9H,4-5,8,13H2;2*1H. The number of halogens is 2. The highest BCUT2D eigenvalue weighted by atomic mass is 35.5. The number of benzene rings is 1. The predicted octanol–water partition coefficient (Wildman–Crippen LogP) is 1.54. The summed E-state index contributed by atoms with van der Waals surface area (Å²) in [5, 5.41) is 16.8. The zero-order valence-electron chi connectivity index (χ0n) is 10.2. The summed E-state index contributed by atoms with van der Waals surface area (Å²) in [4.78, 5) is 0. The molecule has 0 fully saturated rings. The van der Waals surface area contributed by atoms with E-state index in [0.29, 0.717) is 18.7 Å². The number of aromatic nitrogens is 3. The highest BCUT2D eigenvalue weighted by Gasteiger charge is 2.01. The van der Waals surface area contributed by atoms with Crippen molar-refractivity contribution in [2.24, 2.45) is 5.73 Å². The van der Waals surface area contributed by atoms with E-state index in [2.05, 4.69) is 16.4 Å². The molecular weight excluding hydrogens is 285 g/mol. The SMILES string of the molecule is Cl.Cl.N#Cc1cccc(Cn2cc(CCN)nn2)c1. The molecule has 1 aromatic carbocycles. The summed E-state index contributed by atoms with van der Waals surface area (Å²) < 4.78 is 1.75. The molecule has 0 radical (unpaired) electrons. The fourth-order valence-corrected chi connectivity index (χ4v) is 1.60. The van der Waals surface area contributed by atoms with Crippen molar-refractivity contribution in [3.05, 3.63) is 47.3 Å². The maximum atomic E-state index is 8.80. The Morgan fingerprint density at radius 2 is 2.11 bits per heavy atom. The monoisotopic (exact) mass is 299 g/mol. The molecule has 0 saturated carbocycles. The fourth-order valence-electron chi connectivity index (χ4n) is 1.60. The lowest BCUT2D eigenvalue weighted by Gasteiger charge is -2.00. The van der Waals surface area contributed by atoms with Crippen LogP contribution in [-0.4, -0.2) is 21.5 Å². The lowest BCUT2D eigenvalue weighted by molar-refractivity contribution is 0.649. The largest absolute Gasteiger partial charge is 0.330 e. The van der Waals surface area contributed by atoms with Crippen molar-refractivity contribution in [3.63, 3.8) is 0 Å². The quantitative estimate of drug-likeness (QED) is 0.928. The van der Waals surface area contributed by atoms with E-state index in [9.17, 15) is 0 Å². The Hall–Kier alpha value is -1.61. The smallest absolute Gasteiger partial charge is 0.0991 e. The molecule has 0 bridgehead atoms. The summed E-state index contributed by atoms with van der Waals surface area (Å²) in [6.07, 6.45) is 2.62. The Morgan fingerprint density at radius 3 is 2.79 bits per heavy atom. The van der Waals surface area contributed by atoms with Crippen molar-refractivity contribution in [2.75, 3.05) is 6.54 Å². The number of hydrogen-bond acceptors (Lipinski definition) is 4. The molecule has 102 valence electrons. The molecule has 1 aromatic heterocycles. The molecule has 0 saturated heterocycles. The number of nitrogens with zero attached hydrogens (tertiary/aromatic N) is 4. The molecule has 0 amide bonds. The third kappa shape index (κ3) is 4.87. The average Bonchev–Trinajstić information content (AvgIpc) is 2.77. The summed E-state index contributed by atoms with van der Waals surface area (Å²) in [5.41, 5.74) is 8.03. The lowest BCUT2D eigenvalue weighted by atomic mass is 10.1. The van der Waals surface area contributed by atoms with E-state index in [1.807, 2.05) is 24.4 Å². The highest BCUT2D eigenvalue weighted by molar-refractivity contribution is 5.85. The van der Waals surface area contributed by atoms with Crippen molar-refractivity contribution in [1.82, 2.24) is 15.0 Å². The van der Waals surface area contributed by atoms with E-state index < -0.39 is 0 Å². The van der Waals surface area contributed by atoms with Crippen LogP contribution < -0.4 is 5.73 Å². The van der Waals surface area contributed by atoms with Crippen molar-refractivity contribution < 1.29 is 0 Å². The van der Waals surface area contributed by atoms with Gasteiger partial charge in [-0.05, 0) is 24.2 Å². The zero-order chi connectivity index (χ0) is 12.1. The minimum atomic E-state index is 0. The molecule has 2 N–H and O–H groups in total. The van der Waals surface area contributed by atoms with Crippen molar-refractivity contribution in [1.29, 1.82) is 5.26 Å². The molecule has 19 heavy (non-hydrogen) atoms. The van der Waals surface area contributed by atoms with Gasteiger partial charge >= 0.3 is 0 Å². The second kappa shape index (κ2) is 8.48. The van der Waals surface area contributed by atoms with E-state index in [0.717, 1.165) is 17.7 Å². The molecule has 2 rings (SSSR count). The van der Waals surface area contributed by atoms with Crippen LogP contribution in [0.4, 0.5) is 0 Å². The van der Waals surface area contributed by atoms with Crippen LogP contribution in [0.5, 0.6) is 0 Å². The van der Waals surface area contributed by atoms with E-state index >= 15 is 0 Å². The molecule has 5 nitrogen and oxygen atoms in total. The lowest BCUT2D eigenvalue weighted by Crippen LogP contribution is -2.03. The topological polar surface area (TPSA) is 80.5 Å². The van der Waals surface area contributed by atoms with Crippen molar-refractivity contribution in [2.45, 2.75) is 13.0 Å². The van der Waals surface area contributed by atoms with Gasteiger partial charge in [0.05, 0.1) is 23.9 Å². The summed E-state index contributed by atoms with van der Waals surface area (Å²) in [7, 11) is 0. The summed E-state index contributed by atoms with van der Waals surface area (Å²) in [5.74, 6) is 0. The van der Waals surface area contributed by atoms with Gasteiger partial charge in [-0.25, -0.2) is 4.68 Å². The van der Waals surface area contributed by atoms with Crippen LogP contribution in [0, 0.1) is 11.3 Å². The first kappa shape index (κ1) is 17.4. The molecule has 7 heteroatoms. The first-order chi connectivity index (χ1) is 8.31. The van der Waals surface area contributed by atoms with Crippen LogP contribution >= 0.6 is 24.8 Å². The summed E-state index contributed by atoms with van der Waals surface area (Å²) in [6.45, 7) is 1.19. The molecule has 0 spiro atoms. The highest BCUT2D eigenvalue weighted by Crippen LogP contribution is 2.06. The Labute approximate surface area is 124 Å². The summed E-state index contributed by atoms with van der Waals surface area (Å²) in [6, 6.07) is 9.58. The van der Waals surface area contributed by atoms with Gasteiger partial charge in [-0.3, -0.25) is 0 Å². The van der Waals surface area contributed by atoms with Gasteiger partial charge in [0.15, 0.2) is 0 Å². The van der Waals surface area contributed by atoms with Crippen LogP contribution in [-0.2, 0) is 13.0 Å². The molecule has 0 aliphatic heterocycles. The van der Waals surface area contributed by atoms with Crippen LogP contribution in [0.3, 0.4) is 0 Å². The van der Waals surface area contributed by atoms with E-state index in [1.165, 1.54) is 0 Å². The fraction of sp³-hybridized carbons (Fsp3) is 0.250. The Balaban J connectivity index is 0.00000162. The predicted molar refractivity (Wildman–Crippen MR) is 77.5 cm³/mol. The zero-order valence-corrected chi connectivity index (χ0v) is 11.8. The third-order valence-corrected chi connectivity index (χ3v) is 2.39. The Morgan fingerprint density at radius 1 is 1.32 bits per heavy atom. The second-order valence-corrected chi connectivity index (χ2v) is 3.76. The molecule has 0 unspecified atom stereocenters. The number of nitrogens with two attached hydrogens (primary N) is 1. The van der Waals surface area contributed by atoms with Gasteiger partial charge in [-0.1, -0.05) is 17.3 Å². The maximum Gasteiger partial charge on any atom is 0.0991 e. The maximum absolute atomic E-state index is 8.80. The molecule has 0 atom stereocenters. The van der Waals surface area contributed by atoms with Gasteiger partial charge < -0.3 is 5.73 Å². The first-order valence-corrected chi connectivity index (χ1v) is 5.40. The van der Waals surface area contributed by atoms with E-state index in [-0.39, 0.29) is 24.8 Å². The van der Waals surface area contributed by atoms with Crippen LogP contribution in [0.1, 0.15) is 16.8 Å². The van der Waals surface area contributed by atoms with Gasteiger partial charge in [0.2, 0.25) is 0 Å². The van der Waals surface area contributed by atoms with Gasteiger partial charge in [-0.2, -0.15) is 5.26 Å². The minimum Gasteiger partial charge on any atom is -0.330 e. The van der Waals surface area contributed by atoms with E-state index in [1.54, 1.807) is 10.7 Å². The normalized spacial score (nSPS) is 9.05. The summed E-state index contributed by atoms with van der Waals surface area (Å²) >= 11 is 0. The van der Waals surface area contributed by atoms with E-state index in [4.69, 9.17) is 11.0 Å². The first-order valence-electron chi connectivity index (χ1n) is 5.40.